The zero-order valence-electron chi connectivity index (χ0n) is 3.96. The fraction of sp³-hybridized carbons (Fsp3) is 0. The Morgan fingerprint density at radius 1 is 1.33 bits per heavy atom. The first-order valence-electron chi connectivity index (χ1n) is 1.58. The number of rotatable bonds is 0. The molecule has 0 aliphatic carbocycles. The van der Waals surface area contributed by atoms with E-state index in [-0.39, 0.29) is 0 Å². The van der Waals surface area contributed by atoms with Crippen LogP contribution in [0.2, 0.25) is 0 Å². The lowest BCUT2D eigenvalue weighted by molar-refractivity contribution is 0.221. The molecule has 0 atom stereocenters. The Hall–Kier alpha value is -0.0700. The van der Waals surface area contributed by atoms with Crippen molar-refractivity contribution in [3.8, 4) is 0 Å². The minimum Gasteiger partial charge on any atom is -0.495 e. The molecule has 0 rings (SSSR count). The van der Waals surface area contributed by atoms with Crippen molar-refractivity contribution in [2.45, 2.75) is 0 Å². The lowest BCUT2D eigenvalue weighted by Gasteiger charge is -2.08. The molecule has 0 aliphatic rings. The SMILES string of the molecule is O=C(O)[S-](=O)=P(O)(O)O. The third kappa shape index (κ3) is 2.83. The van der Waals surface area contributed by atoms with Crippen LogP contribution in [-0.2, 0) is 14.2 Å². The summed E-state index contributed by atoms with van der Waals surface area (Å²) in [6.45, 7) is -4.69. The first kappa shape index (κ1) is 8.93. The first-order valence-corrected chi connectivity index (χ1v) is 4.98. The average molecular weight is 175 g/mol. The highest BCUT2D eigenvalue weighted by molar-refractivity contribution is 8.28. The molecular formula is CH4O6PS-. The maximum Gasteiger partial charge on any atom is 0.245 e. The highest BCUT2D eigenvalue weighted by atomic mass is 32.5. The van der Waals surface area contributed by atoms with Gasteiger partial charge in [0.2, 0.25) is 5.30 Å². The summed E-state index contributed by atoms with van der Waals surface area (Å²) in [5.74, 6) is 0. The van der Waals surface area contributed by atoms with Crippen molar-refractivity contribution in [1.29, 1.82) is 0 Å². The lowest BCUT2D eigenvalue weighted by atomic mass is 11.6. The fourth-order valence-electron chi connectivity index (χ4n) is 0.105. The zero-order valence-corrected chi connectivity index (χ0v) is 5.67. The highest BCUT2D eigenvalue weighted by Gasteiger charge is 1.98. The van der Waals surface area contributed by atoms with Crippen LogP contribution in [-0.4, -0.2) is 25.1 Å². The van der Waals surface area contributed by atoms with Gasteiger partial charge in [-0.15, -0.1) is 0 Å². The molecule has 4 N–H and O–H groups in total. The number of carbonyl (C=O) groups is 1. The second-order valence-electron chi connectivity index (χ2n) is 1.03. The van der Waals surface area contributed by atoms with Gasteiger partial charge in [-0.3, -0.25) is 4.79 Å². The monoisotopic (exact) mass is 175 g/mol. The van der Waals surface area contributed by atoms with Gasteiger partial charge in [-0.25, -0.2) is 0 Å². The molecule has 6 nitrogen and oxygen atoms in total. The van der Waals surface area contributed by atoms with E-state index in [0.29, 0.717) is 0 Å². The Kier molecular flexibility index (Phi) is 2.66. The molecule has 0 aromatic heterocycles. The Bertz CT molecular complexity index is 209. The quantitative estimate of drug-likeness (QED) is 0.285. The summed E-state index contributed by atoms with van der Waals surface area (Å²) in [5, 5.41) is 5.82. The molecule has 8 heteroatoms. The van der Waals surface area contributed by atoms with Crippen molar-refractivity contribution in [2.75, 3.05) is 0 Å². The molecule has 0 aliphatic heterocycles. The third-order valence-electron chi connectivity index (χ3n) is 0.372. The smallest absolute Gasteiger partial charge is 0.245 e. The number of hydrogen-bond donors (Lipinski definition) is 4. The summed E-state index contributed by atoms with van der Waals surface area (Å²) in [6, 6.07) is 0. The van der Waals surface area contributed by atoms with Crippen molar-refractivity contribution >= 4 is 22.0 Å². The van der Waals surface area contributed by atoms with Crippen LogP contribution in [0.25, 0.3) is 0 Å². The molecule has 9 heavy (non-hydrogen) atoms. The molecule has 56 valence electrons. The van der Waals surface area contributed by atoms with Crippen molar-refractivity contribution < 1.29 is 28.8 Å². The largest absolute Gasteiger partial charge is 0.495 e. The van der Waals surface area contributed by atoms with E-state index in [1.165, 1.54) is 0 Å². The Balaban J connectivity index is 4.98. The molecule has 0 fully saturated rings. The second kappa shape index (κ2) is 2.68. The van der Waals surface area contributed by atoms with Crippen LogP contribution in [0.1, 0.15) is 0 Å². The van der Waals surface area contributed by atoms with Gasteiger partial charge in [-0.2, -0.15) is 0 Å². The van der Waals surface area contributed by atoms with Crippen LogP contribution in [0.5, 0.6) is 0 Å². The van der Waals surface area contributed by atoms with E-state index in [9.17, 15) is 9.00 Å². The zero-order chi connectivity index (χ0) is 7.65. The maximum absolute atomic E-state index is 9.98. The summed E-state index contributed by atoms with van der Waals surface area (Å²) in [7, 11) is -2.99. The topological polar surface area (TPSA) is 115 Å². The second-order valence-corrected chi connectivity index (χ2v) is 5.37. The predicted molar refractivity (Wildman–Crippen MR) is 29.7 cm³/mol. The van der Waals surface area contributed by atoms with Gasteiger partial charge in [0.25, 0.3) is 0 Å². The van der Waals surface area contributed by atoms with E-state index < -0.39 is 22.0 Å². The molecule has 0 aromatic carbocycles. The summed E-state index contributed by atoms with van der Waals surface area (Å²) in [6.07, 6.45) is 0. The van der Waals surface area contributed by atoms with Crippen molar-refractivity contribution in [1.82, 2.24) is 0 Å². The predicted octanol–water partition coefficient (Wildman–Crippen LogP) is -0.717. The maximum atomic E-state index is 9.98. The molecule has 0 radical (unpaired) electrons. The molecule has 0 bridgehead atoms. The summed E-state index contributed by atoms with van der Waals surface area (Å²) >= 11 is 0. The molecule has 0 saturated heterocycles. The molecular weight excluding hydrogens is 171 g/mol. The first-order chi connectivity index (χ1) is 3.85. The molecule has 0 amide bonds. The van der Waals surface area contributed by atoms with Gasteiger partial charge >= 0.3 is 0 Å². The molecule has 0 heterocycles. The van der Waals surface area contributed by atoms with E-state index in [0.717, 1.165) is 0 Å². The summed E-state index contributed by atoms with van der Waals surface area (Å²) in [5.41, 5.74) is 0. The third-order valence-corrected chi connectivity index (χ3v) is 2.92. The van der Waals surface area contributed by atoms with Crippen LogP contribution >= 0.6 is 6.72 Å². The van der Waals surface area contributed by atoms with E-state index >= 15 is 0 Å². The van der Waals surface area contributed by atoms with Crippen LogP contribution in [0, 0.1) is 0 Å². The number of hydrogen-bond acceptors (Lipinski definition) is 3. The van der Waals surface area contributed by atoms with Gasteiger partial charge in [0.05, 0.1) is 0 Å². The van der Waals surface area contributed by atoms with Crippen molar-refractivity contribution in [2.24, 2.45) is 0 Å². The van der Waals surface area contributed by atoms with Crippen LogP contribution in [0.15, 0.2) is 0 Å². The van der Waals surface area contributed by atoms with Gasteiger partial charge < -0.3 is 24.0 Å². The summed E-state index contributed by atoms with van der Waals surface area (Å²) in [4.78, 5) is 33.6. The van der Waals surface area contributed by atoms with Crippen molar-refractivity contribution in [3.05, 3.63) is 0 Å². The van der Waals surface area contributed by atoms with Gasteiger partial charge in [-0.1, -0.05) is 9.98 Å². The van der Waals surface area contributed by atoms with E-state index in [4.69, 9.17) is 19.8 Å². The Morgan fingerprint density at radius 3 is 1.67 bits per heavy atom. The van der Waals surface area contributed by atoms with Gasteiger partial charge in [-0.05, 0) is 0 Å². The van der Waals surface area contributed by atoms with Crippen LogP contribution < -0.4 is 0 Å². The van der Waals surface area contributed by atoms with Crippen LogP contribution in [0.3, 0.4) is 0 Å². The van der Waals surface area contributed by atoms with Gasteiger partial charge in [0, 0.05) is 0 Å². The fourth-order valence-corrected chi connectivity index (χ4v) is 0.943. The van der Waals surface area contributed by atoms with E-state index in [1.807, 2.05) is 0 Å². The molecule has 0 aromatic rings. The molecule has 0 spiro atoms. The normalized spacial score (nSPS) is 12.0. The van der Waals surface area contributed by atoms with Crippen LogP contribution in [0.4, 0.5) is 4.79 Å². The lowest BCUT2D eigenvalue weighted by Crippen LogP contribution is -1.94. The average Bonchev–Trinajstić information content (AvgIpc) is 1.62. The molecule has 0 saturated carbocycles. The van der Waals surface area contributed by atoms with E-state index in [1.54, 1.807) is 0 Å². The summed E-state index contributed by atoms with van der Waals surface area (Å²) < 4.78 is 9.98. The van der Waals surface area contributed by atoms with E-state index in [2.05, 4.69) is 0 Å². The number of carboxylic acid groups (broad SMARTS) is 1. The Morgan fingerprint density at radius 2 is 1.67 bits per heavy atom. The minimum absolute atomic E-state index is 1.95. The van der Waals surface area contributed by atoms with Gasteiger partial charge in [0.15, 0.2) is 6.72 Å². The van der Waals surface area contributed by atoms with Crippen molar-refractivity contribution in [3.63, 3.8) is 0 Å². The molecule has 0 unspecified atom stereocenters. The highest BCUT2D eigenvalue weighted by Crippen LogP contribution is 2.32. The Labute approximate surface area is 51.7 Å². The minimum atomic E-state index is -4.69. The van der Waals surface area contributed by atoms with Gasteiger partial charge in [0.1, 0.15) is 0 Å². The standard InChI is InChI=1S/CH4O6PS/c2-1(3)9(7)8(4,5)6/h4-6H,(H,2,3)/q-1.